The molecule has 4 saturated carbocycles. The number of aliphatic hydroxyl groups is 7. The predicted octanol–water partition coefficient (Wildman–Crippen LogP) is 2.02. The molecule has 19 atom stereocenters. The van der Waals surface area contributed by atoms with E-state index < -0.39 is 108 Å². The second-order valence-corrected chi connectivity index (χ2v) is 19.5. The van der Waals surface area contributed by atoms with E-state index in [0.717, 1.165) is 24.8 Å². The zero-order valence-electron chi connectivity index (χ0n) is 33.0. The molecule has 0 bridgehead atoms. The number of allylic oxidation sites excluding steroid dienone is 1. The van der Waals surface area contributed by atoms with Gasteiger partial charge in [-0.05, 0) is 111 Å². The zero-order chi connectivity index (χ0) is 40.2. The minimum absolute atomic E-state index is 0.00178. The first-order valence-corrected chi connectivity index (χ1v) is 20.5. The normalized spacial score (nSPS) is 53.4. The summed E-state index contributed by atoms with van der Waals surface area (Å²) in [6.07, 6.45) is -6.22. The number of carboxylic acids is 1. The quantitative estimate of drug-likeness (QED) is 0.110. The Balaban J connectivity index is 1.19. The Labute approximate surface area is 323 Å². The molecule has 5 aliphatic carbocycles. The third kappa shape index (κ3) is 5.93. The summed E-state index contributed by atoms with van der Waals surface area (Å²) < 4.78 is 23.8. The Hall–Kier alpha value is -1.72. The van der Waals surface area contributed by atoms with Crippen molar-refractivity contribution in [3.8, 4) is 0 Å². The molecular formula is C41H64O14. The van der Waals surface area contributed by atoms with Crippen LogP contribution in [0.2, 0.25) is 0 Å². The van der Waals surface area contributed by atoms with Crippen LogP contribution in [0.1, 0.15) is 106 Å². The summed E-state index contributed by atoms with van der Waals surface area (Å²) in [5.41, 5.74) is -2.85. The summed E-state index contributed by atoms with van der Waals surface area (Å²) in [6.45, 7) is 11.9. The van der Waals surface area contributed by atoms with Crippen molar-refractivity contribution in [2.24, 2.45) is 50.7 Å². The number of esters is 1. The molecule has 2 aliphatic heterocycles. The lowest BCUT2D eigenvalue weighted by atomic mass is 9.33. The Kier molecular flexibility index (Phi) is 10.7. The first-order chi connectivity index (χ1) is 25.7. The van der Waals surface area contributed by atoms with E-state index in [1.807, 2.05) is 0 Å². The molecule has 55 heavy (non-hydrogen) atoms. The van der Waals surface area contributed by atoms with Crippen molar-refractivity contribution in [1.82, 2.24) is 0 Å². The first-order valence-electron chi connectivity index (χ1n) is 20.5. The van der Waals surface area contributed by atoms with Gasteiger partial charge in [-0.1, -0.05) is 46.3 Å². The maximum absolute atomic E-state index is 14.5. The summed E-state index contributed by atoms with van der Waals surface area (Å²) in [6, 6.07) is 0. The number of hydrogen-bond donors (Lipinski definition) is 8. The van der Waals surface area contributed by atoms with Gasteiger partial charge in [0, 0.05) is 0 Å². The van der Waals surface area contributed by atoms with Crippen molar-refractivity contribution in [3.05, 3.63) is 11.6 Å². The molecule has 8 N–H and O–H groups in total. The largest absolute Gasteiger partial charge is 0.481 e. The molecule has 7 rings (SSSR count). The van der Waals surface area contributed by atoms with Crippen LogP contribution < -0.4 is 0 Å². The van der Waals surface area contributed by atoms with Crippen molar-refractivity contribution < 1.29 is 69.4 Å². The fraction of sp³-hybridized carbons (Fsp3) is 0.902. The molecule has 14 nitrogen and oxygen atoms in total. The average molecular weight is 781 g/mol. The Morgan fingerprint density at radius 1 is 0.782 bits per heavy atom. The monoisotopic (exact) mass is 780 g/mol. The number of aliphatic carboxylic acids is 1. The summed E-state index contributed by atoms with van der Waals surface area (Å²) in [5.74, 6) is -1.57. The van der Waals surface area contributed by atoms with Crippen molar-refractivity contribution in [3.63, 3.8) is 0 Å². The van der Waals surface area contributed by atoms with E-state index in [1.165, 1.54) is 0 Å². The molecule has 6 fully saturated rings. The molecule has 0 radical (unpaired) electrons. The predicted molar refractivity (Wildman–Crippen MR) is 193 cm³/mol. The van der Waals surface area contributed by atoms with E-state index in [2.05, 4.69) is 40.7 Å². The fourth-order valence-corrected chi connectivity index (χ4v) is 13.5. The number of ether oxygens (including phenoxy) is 4. The van der Waals surface area contributed by atoms with E-state index in [9.17, 15) is 50.4 Å². The Bertz CT molecular complexity index is 1520. The van der Waals surface area contributed by atoms with Gasteiger partial charge in [0.25, 0.3) is 0 Å². The standard InChI is InChI=1S/C41H64O14/c1-19-9-14-40(36(51)55-34-32(48)30(46)28(44)23(18-42)53-34)15-16-41(35(49)50)21(22(40)17-19)7-8-25-38(5)12-11-26(37(3,4)24(38)10-13-39(25,41)6)54-33-31(47)29(45)27(43)20(2)52-33/h7,19-20,22-34,42-48H,8-18H2,1-6H3,(H,49,50)/t19-,20+,22+,23-,24+,25-,26+,27+,28-,29-,30+,31-,32-,33+,34+,38+,39-,40+,41-/m1/s1. The van der Waals surface area contributed by atoms with Gasteiger partial charge in [0.2, 0.25) is 6.29 Å². The minimum Gasteiger partial charge on any atom is -0.481 e. The molecule has 0 spiro atoms. The molecular weight excluding hydrogens is 716 g/mol. The van der Waals surface area contributed by atoms with E-state index in [0.29, 0.717) is 32.1 Å². The highest BCUT2D eigenvalue weighted by molar-refractivity contribution is 5.85. The molecule has 312 valence electrons. The highest BCUT2D eigenvalue weighted by Crippen LogP contribution is 2.76. The van der Waals surface area contributed by atoms with E-state index >= 15 is 0 Å². The van der Waals surface area contributed by atoms with Crippen LogP contribution in [0, 0.1) is 50.7 Å². The topological polar surface area (TPSA) is 233 Å². The second kappa shape index (κ2) is 14.2. The van der Waals surface area contributed by atoms with Gasteiger partial charge in [0.1, 0.15) is 42.7 Å². The SMILES string of the molecule is C[C@@H]1CC[C@]2(C(=O)O[C@@H]3O[C@H](CO)[C@@H](O)[C@H](O)[C@H]3O)CC[C@]3(C(=O)O)C(=CC[C@@H]4[C@@]5(C)CC[C@H](O[C@@H]6O[C@@H](C)[C@H](O)[C@@H](O)[C@H]6O)C(C)(C)[C@@H]5CC[C@]43C)[C@@H]2C1. The van der Waals surface area contributed by atoms with Crippen LogP contribution in [-0.2, 0) is 28.5 Å². The molecule has 0 aromatic heterocycles. The summed E-state index contributed by atoms with van der Waals surface area (Å²) in [7, 11) is 0. The van der Waals surface area contributed by atoms with Crippen molar-refractivity contribution in [2.45, 2.75) is 173 Å². The van der Waals surface area contributed by atoms with Crippen LogP contribution in [0.4, 0.5) is 0 Å². The maximum Gasteiger partial charge on any atom is 0.315 e. The van der Waals surface area contributed by atoms with Crippen LogP contribution in [0.3, 0.4) is 0 Å². The maximum atomic E-state index is 14.5. The van der Waals surface area contributed by atoms with Gasteiger partial charge < -0.3 is 59.8 Å². The minimum atomic E-state index is -1.74. The number of carboxylic acid groups (broad SMARTS) is 1. The van der Waals surface area contributed by atoms with Gasteiger partial charge >= 0.3 is 11.9 Å². The number of aliphatic hydroxyl groups excluding tert-OH is 7. The molecule has 2 saturated heterocycles. The molecule has 0 aromatic carbocycles. The highest BCUT2D eigenvalue weighted by atomic mass is 16.7. The number of carbonyl (C=O) groups is 2. The zero-order valence-corrected chi connectivity index (χ0v) is 33.0. The lowest BCUT2D eigenvalue weighted by Crippen LogP contribution is -2.68. The smallest absolute Gasteiger partial charge is 0.315 e. The fourth-order valence-electron chi connectivity index (χ4n) is 13.5. The Morgan fingerprint density at radius 2 is 1.45 bits per heavy atom. The second-order valence-electron chi connectivity index (χ2n) is 19.5. The number of fused-ring (bicyclic) bond motifs is 7. The lowest BCUT2D eigenvalue weighted by molar-refractivity contribution is -0.324. The van der Waals surface area contributed by atoms with Crippen molar-refractivity contribution >= 4 is 11.9 Å². The van der Waals surface area contributed by atoms with Gasteiger partial charge in [0.15, 0.2) is 6.29 Å². The molecule has 0 unspecified atom stereocenters. The van der Waals surface area contributed by atoms with Gasteiger partial charge in [0.05, 0.1) is 29.6 Å². The Morgan fingerprint density at radius 3 is 2.13 bits per heavy atom. The van der Waals surface area contributed by atoms with E-state index in [4.69, 9.17) is 18.9 Å². The van der Waals surface area contributed by atoms with Crippen molar-refractivity contribution in [1.29, 1.82) is 0 Å². The van der Waals surface area contributed by atoms with Gasteiger partial charge in [-0.3, -0.25) is 9.59 Å². The number of hydrogen-bond acceptors (Lipinski definition) is 13. The molecule has 7 aliphatic rings. The first kappa shape index (κ1) is 41.4. The third-order valence-electron chi connectivity index (χ3n) is 16.7. The summed E-state index contributed by atoms with van der Waals surface area (Å²) in [4.78, 5) is 28.6. The van der Waals surface area contributed by atoms with E-state index in [-0.39, 0.29) is 42.1 Å². The third-order valence-corrected chi connectivity index (χ3v) is 16.7. The van der Waals surface area contributed by atoms with Crippen LogP contribution >= 0.6 is 0 Å². The van der Waals surface area contributed by atoms with Gasteiger partial charge in [-0.2, -0.15) is 0 Å². The highest BCUT2D eigenvalue weighted by Gasteiger charge is 2.73. The van der Waals surface area contributed by atoms with Crippen molar-refractivity contribution in [2.75, 3.05) is 6.61 Å². The van der Waals surface area contributed by atoms with Crippen LogP contribution in [0.25, 0.3) is 0 Å². The summed E-state index contributed by atoms with van der Waals surface area (Å²) in [5, 5.41) is 84.2. The van der Waals surface area contributed by atoms with Crippen LogP contribution in [0.5, 0.6) is 0 Å². The molecule has 14 heteroatoms. The summed E-state index contributed by atoms with van der Waals surface area (Å²) >= 11 is 0. The molecule has 0 aromatic rings. The van der Waals surface area contributed by atoms with E-state index in [1.54, 1.807) is 6.92 Å². The number of rotatable bonds is 6. The van der Waals surface area contributed by atoms with Crippen LogP contribution in [-0.4, -0.2) is 127 Å². The van der Waals surface area contributed by atoms with Crippen LogP contribution in [0.15, 0.2) is 11.6 Å². The van der Waals surface area contributed by atoms with Gasteiger partial charge in [-0.25, -0.2) is 0 Å². The average Bonchev–Trinajstić information content (AvgIpc) is 3.13. The lowest BCUT2D eigenvalue weighted by Gasteiger charge is -2.70. The molecule has 2 heterocycles. The number of carbonyl (C=O) groups excluding carboxylic acids is 1. The molecule has 0 amide bonds. The van der Waals surface area contributed by atoms with Gasteiger partial charge in [-0.15, -0.1) is 0 Å².